The summed E-state index contributed by atoms with van der Waals surface area (Å²) in [5.41, 5.74) is 7.87. The van der Waals surface area contributed by atoms with Crippen LogP contribution in [0.15, 0.2) is 18.3 Å². The number of hydrogen-bond acceptors (Lipinski definition) is 3. The number of aryl methyl sites for hydroxylation is 1. The van der Waals surface area contributed by atoms with Gasteiger partial charge in [-0.25, -0.2) is 0 Å². The molecular weight excluding hydrogens is 180 g/mol. The lowest BCUT2D eigenvalue weighted by atomic mass is 10.3. The first-order valence-electron chi connectivity index (χ1n) is 4.38. The van der Waals surface area contributed by atoms with Crippen molar-refractivity contribution in [2.24, 2.45) is 0 Å². The summed E-state index contributed by atoms with van der Waals surface area (Å²) in [5.74, 6) is 0. The molecule has 3 heteroatoms. The smallest absolute Gasteiger partial charge is 0.0914 e. The Morgan fingerprint density at radius 3 is 2.69 bits per heavy atom. The molecule has 0 bridgehead atoms. The van der Waals surface area contributed by atoms with Gasteiger partial charge in [0.15, 0.2) is 0 Å². The number of fused-ring (bicyclic) bond motifs is 1. The lowest BCUT2D eigenvalue weighted by Gasteiger charge is -1.87. The molecule has 2 heterocycles. The van der Waals surface area contributed by atoms with Gasteiger partial charge in [-0.05, 0) is 19.1 Å². The van der Waals surface area contributed by atoms with E-state index in [1.807, 2.05) is 32.9 Å². The molecule has 13 heavy (non-hydrogen) atoms. The molecule has 0 saturated carbocycles. The Balaban J connectivity index is 0.000000396. The largest absolute Gasteiger partial charge is 0.390 e. The number of aromatic nitrogens is 1. The van der Waals surface area contributed by atoms with Crippen molar-refractivity contribution in [3.63, 3.8) is 0 Å². The number of nitrogen functional groups attached to an aromatic ring is 1. The third-order valence-electron chi connectivity index (χ3n) is 1.72. The van der Waals surface area contributed by atoms with Gasteiger partial charge >= 0.3 is 0 Å². The second-order valence-electron chi connectivity index (χ2n) is 2.44. The van der Waals surface area contributed by atoms with Gasteiger partial charge in [-0.1, -0.05) is 13.8 Å². The molecule has 0 unspecified atom stereocenters. The Bertz CT molecular complexity index is 393. The minimum atomic E-state index is 0.874. The summed E-state index contributed by atoms with van der Waals surface area (Å²) < 4.78 is 1.17. The minimum absolute atomic E-state index is 0.874. The molecule has 0 aliphatic carbocycles. The first kappa shape index (κ1) is 9.99. The third kappa shape index (κ3) is 1.80. The zero-order chi connectivity index (χ0) is 9.84. The number of nitrogens with zero attached hydrogens (tertiary/aromatic N) is 1. The lowest BCUT2D eigenvalue weighted by Crippen LogP contribution is -1.81. The molecule has 0 aromatic carbocycles. The molecule has 0 fully saturated rings. The van der Waals surface area contributed by atoms with E-state index in [2.05, 4.69) is 4.98 Å². The fourth-order valence-corrected chi connectivity index (χ4v) is 2.00. The van der Waals surface area contributed by atoms with E-state index in [4.69, 9.17) is 5.73 Å². The molecule has 70 valence electrons. The van der Waals surface area contributed by atoms with E-state index in [0.717, 1.165) is 16.1 Å². The first-order valence-corrected chi connectivity index (χ1v) is 5.20. The summed E-state index contributed by atoms with van der Waals surface area (Å²) in [7, 11) is 0. The molecule has 0 aliphatic rings. The Hall–Kier alpha value is -1.09. The molecule has 0 saturated heterocycles. The minimum Gasteiger partial charge on any atom is -0.390 e. The van der Waals surface area contributed by atoms with Crippen molar-refractivity contribution in [1.29, 1.82) is 0 Å². The van der Waals surface area contributed by atoms with Crippen LogP contribution in [0.2, 0.25) is 0 Å². The van der Waals surface area contributed by atoms with E-state index in [0.29, 0.717) is 0 Å². The van der Waals surface area contributed by atoms with Crippen LogP contribution in [-0.4, -0.2) is 4.98 Å². The molecule has 2 rings (SSSR count). The third-order valence-corrected chi connectivity index (χ3v) is 2.79. The highest BCUT2D eigenvalue weighted by atomic mass is 32.1. The van der Waals surface area contributed by atoms with E-state index in [1.165, 1.54) is 4.70 Å². The van der Waals surface area contributed by atoms with Crippen LogP contribution in [0.1, 0.15) is 19.4 Å². The first-order chi connectivity index (χ1) is 6.29. The fourth-order valence-electron chi connectivity index (χ4n) is 1.07. The average molecular weight is 194 g/mol. The highest BCUT2D eigenvalue weighted by Gasteiger charge is 2.04. The summed E-state index contributed by atoms with van der Waals surface area (Å²) in [4.78, 5) is 4.23. The number of thiophene rings is 1. The lowest BCUT2D eigenvalue weighted by molar-refractivity contribution is 1.39. The topological polar surface area (TPSA) is 38.9 Å². The number of rotatable bonds is 0. The average Bonchev–Trinajstić information content (AvgIpc) is 2.47. The normalized spacial score (nSPS) is 9.46. The van der Waals surface area contributed by atoms with Gasteiger partial charge in [0.2, 0.25) is 0 Å². The van der Waals surface area contributed by atoms with E-state index < -0.39 is 0 Å². The molecular formula is C10H14N2S. The number of nitrogens with two attached hydrogens (primary N) is 1. The van der Waals surface area contributed by atoms with Crippen LogP contribution in [0.25, 0.3) is 10.2 Å². The van der Waals surface area contributed by atoms with Crippen LogP contribution >= 0.6 is 11.3 Å². The summed E-state index contributed by atoms with van der Waals surface area (Å²) in [6, 6.07) is 3.97. The van der Waals surface area contributed by atoms with Crippen LogP contribution in [0.5, 0.6) is 0 Å². The monoisotopic (exact) mass is 194 g/mol. The maximum absolute atomic E-state index is 5.73. The van der Waals surface area contributed by atoms with E-state index >= 15 is 0 Å². The summed E-state index contributed by atoms with van der Waals surface area (Å²) >= 11 is 1.59. The van der Waals surface area contributed by atoms with Crippen molar-refractivity contribution in [1.82, 2.24) is 4.98 Å². The van der Waals surface area contributed by atoms with Gasteiger partial charge in [-0.2, -0.15) is 0 Å². The molecule has 0 spiro atoms. The molecule has 0 radical (unpaired) electrons. The van der Waals surface area contributed by atoms with Crippen molar-refractivity contribution in [3.05, 3.63) is 23.9 Å². The molecule has 2 N–H and O–H groups in total. The van der Waals surface area contributed by atoms with E-state index in [9.17, 15) is 0 Å². The Labute approximate surface area is 82.4 Å². The van der Waals surface area contributed by atoms with Gasteiger partial charge in [0.1, 0.15) is 0 Å². The van der Waals surface area contributed by atoms with Gasteiger partial charge in [-0.15, -0.1) is 11.3 Å². The van der Waals surface area contributed by atoms with Gasteiger partial charge in [0, 0.05) is 11.8 Å². The SMILES string of the molecule is CC.Cc1c(N)sc2cccnc12. The second kappa shape index (κ2) is 4.23. The van der Waals surface area contributed by atoms with Gasteiger partial charge < -0.3 is 5.73 Å². The van der Waals surface area contributed by atoms with Crippen LogP contribution in [0, 0.1) is 6.92 Å². The predicted octanol–water partition coefficient (Wildman–Crippen LogP) is 3.21. The molecule has 2 aromatic rings. The zero-order valence-corrected chi connectivity index (χ0v) is 8.98. The Morgan fingerprint density at radius 2 is 2.08 bits per heavy atom. The van der Waals surface area contributed by atoms with E-state index in [1.54, 1.807) is 17.5 Å². The highest BCUT2D eigenvalue weighted by Crippen LogP contribution is 2.30. The summed E-state index contributed by atoms with van der Waals surface area (Å²) in [6.45, 7) is 6.00. The van der Waals surface area contributed by atoms with Crippen LogP contribution < -0.4 is 5.73 Å². The van der Waals surface area contributed by atoms with Crippen molar-refractivity contribution in [2.75, 3.05) is 5.73 Å². The number of hydrogen-bond donors (Lipinski definition) is 1. The standard InChI is InChI=1S/C8H8N2S.C2H6/c1-5-7-6(11-8(5)9)3-2-4-10-7;1-2/h2-4H,9H2,1H3;1-2H3. The quantitative estimate of drug-likeness (QED) is 0.699. The number of anilines is 1. The maximum Gasteiger partial charge on any atom is 0.0914 e. The van der Waals surface area contributed by atoms with Gasteiger partial charge in [-0.3, -0.25) is 4.98 Å². The molecule has 0 atom stereocenters. The van der Waals surface area contributed by atoms with Crippen molar-refractivity contribution in [3.8, 4) is 0 Å². The van der Waals surface area contributed by atoms with Crippen LogP contribution in [0.3, 0.4) is 0 Å². The predicted molar refractivity (Wildman–Crippen MR) is 60.1 cm³/mol. The van der Waals surface area contributed by atoms with Crippen LogP contribution in [-0.2, 0) is 0 Å². The molecule has 0 aliphatic heterocycles. The van der Waals surface area contributed by atoms with Crippen molar-refractivity contribution < 1.29 is 0 Å². The summed E-state index contributed by atoms with van der Waals surface area (Å²) in [6.07, 6.45) is 1.79. The molecule has 2 aromatic heterocycles. The highest BCUT2D eigenvalue weighted by molar-refractivity contribution is 7.22. The fraction of sp³-hybridized carbons (Fsp3) is 0.300. The molecule has 0 amide bonds. The van der Waals surface area contributed by atoms with E-state index in [-0.39, 0.29) is 0 Å². The Morgan fingerprint density at radius 1 is 1.38 bits per heavy atom. The summed E-state index contributed by atoms with van der Waals surface area (Å²) in [5, 5.41) is 0.874. The second-order valence-corrected chi connectivity index (χ2v) is 3.53. The van der Waals surface area contributed by atoms with Gasteiger partial charge in [0.05, 0.1) is 15.2 Å². The Kier molecular flexibility index (Phi) is 3.25. The van der Waals surface area contributed by atoms with Crippen molar-refractivity contribution >= 4 is 26.6 Å². The maximum atomic E-state index is 5.73. The van der Waals surface area contributed by atoms with Crippen LogP contribution in [0.4, 0.5) is 5.00 Å². The number of pyridine rings is 1. The van der Waals surface area contributed by atoms with Crippen molar-refractivity contribution in [2.45, 2.75) is 20.8 Å². The molecule has 2 nitrogen and oxygen atoms in total. The van der Waals surface area contributed by atoms with Gasteiger partial charge in [0.25, 0.3) is 0 Å². The zero-order valence-electron chi connectivity index (χ0n) is 8.16.